The molecule has 2 N–H and O–H groups in total. The highest BCUT2D eigenvalue weighted by Gasteiger charge is 2.49. The molecule has 4 amide bonds. The summed E-state index contributed by atoms with van der Waals surface area (Å²) >= 11 is 6.07. The summed E-state index contributed by atoms with van der Waals surface area (Å²) in [6.45, 7) is 5.24. The molecule has 1 fully saturated rings. The van der Waals surface area contributed by atoms with Crippen LogP contribution < -0.4 is 10.6 Å². The largest absolute Gasteiger partial charge is 0.325 e. The molecule has 2 aromatic rings. The van der Waals surface area contributed by atoms with Crippen LogP contribution in [0.4, 0.5) is 10.5 Å². The zero-order chi connectivity index (χ0) is 21.2. The molecule has 6 nitrogen and oxygen atoms in total. The van der Waals surface area contributed by atoms with Crippen LogP contribution in [-0.2, 0) is 21.5 Å². The van der Waals surface area contributed by atoms with Crippen molar-refractivity contribution in [1.82, 2.24) is 10.2 Å². The molecule has 1 aliphatic rings. The van der Waals surface area contributed by atoms with Crippen molar-refractivity contribution in [2.45, 2.75) is 39.2 Å². The van der Waals surface area contributed by atoms with Crippen LogP contribution in [-0.4, -0.2) is 29.3 Å². The Morgan fingerprint density at radius 1 is 1.17 bits per heavy atom. The molecule has 0 bridgehead atoms. The molecule has 0 radical (unpaired) electrons. The number of imide groups is 1. The van der Waals surface area contributed by atoms with E-state index in [9.17, 15) is 14.4 Å². The number of aryl methyl sites for hydroxylation is 2. The number of rotatable bonds is 6. The van der Waals surface area contributed by atoms with Gasteiger partial charge in [-0.2, -0.15) is 0 Å². The Balaban J connectivity index is 1.72. The van der Waals surface area contributed by atoms with Gasteiger partial charge in [-0.1, -0.05) is 55.3 Å². The number of amides is 4. The highest BCUT2D eigenvalue weighted by Crippen LogP contribution is 2.29. The number of urea groups is 1. The number of carbonyl (C=O) groups is 3. The number of halogens is 1. The molecule has 0 unspecified atom stereocenters. The second-order valence-electron chi connectivity index (χ2n) is 7.41. The summed E-state index contributed by atoms with van der Waals surface area (Å²) in [6.07, 6.45) is 1.98. The predicted octanol–water partition coefficient (Wildman–Crippen LogP) is 4.01. The fourth-order valence-corrected chi connectivity index (χ4v) is 3.52. The maximum atomic E-state index is 13.0. The molecule has 1 heterocycles. The second-order valence-corrected chi connectivity index (χ2v) is 7.81. The molecular formula is C22H24ClN3O3. The molecule has 0 saturated carbocycles. The Labute approximate surface area is 175 Å². The van der Waals surface area contributed by atoms with Crippen LogP contribution in [0.15, 0.2) is 42.5 Å². The lowest BCUT2D eigenvalue weighted by Crippen LogP contribution is -2.42. The standard InChI is InChI=1S/C22H24ClN3O3/c1-4-5-15-7-9-16(10-8-15)22(3)20(28)26(21(29)25-22)13-19(27)24-17-11-6-14(2)18(23)12-17/h6-12H,4-5,13H2,1-3H3,(H,24,27)(H,25,29)/t22-/m1/s1. The Morgan fingerprint density at radius 3 is 2.48 bits per heavy atom. The lowest BCUT2D eigenvalue weighted by Gasteiger charge is -2.22. The fraction of sp³-hybridized carbons (Fsp3) is 0.318. The first-order valence-corrected chi connectivity index (χ1v) is 9.92. The summed E-state index contributed by atoms with van der Waals surface area (Å²) in [5.41, 5.74) is 2.05. The van der Waals surface area contributed by atoms with E-state index in [-0.39, 0.29) is 6.54 Å². The molecule has 1 aliphatic heterocycles. The van der Waals surface area contributed by atoms with Crippen molar-refractivity contribution in [1.29, 1.82) is 0 Å². The van der Waals surface area contributed by atoms with Gasteiger partial charge in [0.05, 0.1) is 0 Å². The van der Waals surface area contributed by atoms with Gasteiger partial charge < -0.3 is 10.6 Å². The Kier molecular flexibility index (Phi) is 5.94. The molecule has 0 aliphatic carbocycles. The van der Waals surface area contributed by atoms with Gasteiger partial charge in [-0.05, 0) is 49.1 Å². The number of hydrogen-bond donors (Lipinski definition) is 2. The van der Waals surface area contributed by atoms with Crippen molar-refractivity contribution in [3.63, 3.8) is 0 Å². The molecule has 152 valence electrons. The van der Waals surface area contributed by atoms with Crippen LogP contribution in [0.2, 0.25) is 5.02 Å². The Bertz CT molecular complexity index is 958. The van der Waals surface area contributed by atoms with Crippen LogP contribution in [0.5, 0.6) is 0 Å². The summed E-state index contributed by atoms with van der Waals surface area (Å²) in [5, 5.41) is 5.91. The van der Waals surface area contributed by atoms with Gasteiger partial charge in [0.25, 0.3) is 5.91 Å². The van der Waals surface area contributed by atoms with Gasteiger partial charge in [0, 0.05) is 10.7 Å². The second kappa shape index (κ2) is 8.25. The molecule has 29 heavy (non-hydrogen) atoms. The van der Waals surface area contributed by atoms with Crippen molar-refractivity contribution in [3.05, 3.63) is 64.2 Å². The number of anilines is 1. The van der Waals surface area contributed by atoms with Crippen LogP contribution in [0.25, 0.3) is 0 Å². The van der Waals surface area contributed by atoms with Gasteiger partial charge >= 0.3 is 6.03 Å². The zero-order valence-electron chi connectivity index (χ0n) is 16.7. The molecule has 1 saturated heterocycles. The van der Waals surface area contributed by atoms with Crippen molar-refractivity contribution >= 4 is 35.1 Å². The van der Waals surface area contributed by atoms with E-state index >= 15 is 0 Å². The topological polar surface area (TPSA) is 78.5 Å². The van der Waals surface area contributed by atoms with Crippen molar-refractivity contribution in [2.75, 3.05) is 11.9 Å². The monoisotopic (exact) mass is 413 g/mol. The lowest BCUT2D eigenvalue weighted by atomic mass is 9.91. The molecule has 2 aromatic carbocycles. The van der Waals surface area contributed by atoms with Crippen LogP contribution in [0.1, 0.15) is 37.0 Å². The van der Waals surface area contributed by atoms with E-state index in [1.807, 2.05) is 31.2 Å². The van der Waals surface area contributed by atoms with E-state index in [1.165, 1.54) is 5.56 Å². The van der Waals surface area contributed by atoms with Gasteiger partial charge in [-0.25, -0.2) is 4.79 Å². The van der Waals surface area contributed by atoms with E-state index in [0.717, 1.165) is 23.3 Å². The highest BCUT2D eigenvalue weighted by molar-refractivity contribution is 6.31. The molecule has 7 heteroatoms. The first-order valence-electron chi connectivity index (χ1n) is 9.54. The average Bonchev–Trinajstić information content (AvgIpc) is 2.89. The average molecular weight is 414 g/mol. The van der Waals surface area contributed by atoms with Crippen molar-refractivity contribution < 1.29 is 14.4 Å². The van der Waals surface area contributed by atoms with Gasteiger partial charge in [-0.15, -0.1) is 0 Å². The summed E-state index contributed by atoms with van der Waals surface area (Å²) in [6, 6.07) is 12.1. The summed E-state index contributed by atoms with van der Waals surface area (Å²) in [5.74, 6) is -0.932. The quantitative estimate of drug-likeness (QED) is 0.702. The van der Waals surface area contributed by atoms with Gasteiger partial charge in [0.1, 0.15) is 12.1 Å². The fourth-order valence-electron chi connectivity index (χ4n) is 3.34. The van der Waals surface area contributed by atoms with E-state index in [2.05, 4.69) is 17.6 Å². The predicted molar refractivity (Wildman–Crippen MR) is 113 cm³/mol. The van der Waals surface area contributed by atoms with Gasteiger partial charge in [0.2, 0.25) is 5.91 Å². The van der Waals surface area contributed by atoms with E-state index in [1.54, 1.807) is 25.1 Å². The van der Waals surface area contributed by atoms with E-state index < -0.39 is 23.4 Å². The molecule has 0 aromatic heterocycles. The van der Waals surface area contributed by atoms with Crippen LogP contribution in [0.3, 0.4) is 0 Å². The Morgan fingerprint density at radius 2 is 1.86 bits per heavy atom. The third-order valence-corrected chi connectivity index (χ3v) is 5.51. The minimum atomic E-state index is -1.20. The Hall–Kier alpha value is -2.86. The smallest absolute Gasteiger partial charge is 0.324 e. The minimum absolute atomic E-state index is 0.375. The normalized spacial score (nSPS) is 18.7. The van der Waals surface area contributed by atoms with Crippen molar-refractivity contribution in [2.24, 2.45) is 0 Å². The lowest BCUT2D eigenvalue weighted by molar-refractivity contribution is -0.133. The number of nitrogens with one attached hydrogen (secondary N) is 2. The van der Waals surface area contributed by atoms with Crippen molar-refractivity contribution in [3.8, 4) is 0 Å². The number of hydrogen-bond acceptors (Lipinski definition) is 3. The molecule has 0 spiro atoms. The third-order valence-electron chi connectivity index (χ3n) is 5.10. The minimum Gasteiger partial charge on any atom is -0.324 e. The molecule has 3 rings (SSSR count). The highest BCUT2D eigenvalue weighted by atomic mass is 35.5. The van der Waals surface area contributed by atoms with Gasteiger partial charge in [0.15, 0.2) is 0 Å². The number of benzene rings is 2. The van der Waals surface area contributed by atoms with E-state index in [0.29, 0.717) is 16.3 Å². The van der Waals surface area contributed by atoms with Gasteiger partial charge in [-0.3, -0.25) is 14.5 Å². The van der Waals surface area contributed by atoms with Crippen LogP contribution in [0, 0.1) is 6.92 Å². The summed E-state index contributed by atoms with van der Waals surface area (Å²) in [4.78, 5) is 38.7. The molecular weight excluding hydrogens is 390 g/mol. The number of nitrogens with zero attached hydrogens (tertiary/aromatic N) is 1. The maximum absolute atomic E-state index is 13.0. The maximum Gasteiger partial charge on any atom is 0.325 e. The zero-order valence-corrected chi connectivity index (χ0v) is 17.5. The van der Waals surface area contributed by atoms with E-state index in [4.69, 9.17) is 11.6 Å². The summed E-state index contributed by atoms with van der Waals surface area (Å²) < 4.78 is 0. The SMILES string of the molecule is CCCc1ccc([C@@]2(C)NC(=O)N(CC(=O)Nc3ccc(C)c(Cl)c3)C2=O)cc1. The first-order chi connectivity index (χ1) is 13.7. The number of carbonyl (C=O) groups excluding carboxylic acids is 3. The summed E-state index contributed by atoms with van der Waals surface area (Å²) in [7, 11) is 0. The molecule has 1 atom stereocenters. The third kappa shape index (κ3) is 4.27. The van der Waals surface area contributed by atoms with Crippen LogP contribution >= 0.6 is 11.6 Å². The first kappa shape index (κ1) is 20.9.